The highest BCUT2D eigenvalue weighted by molar-refractivity contribution is 5.86. The molecule has 2 heteroatoms. The molecule has 0 heterocycles. The molecule has 1 unspecified atom stereocenters. The average Bonchev–Trinajstić information content (AvgIpc) is 2.52. The third-order valence-electron chi connectivity index (χ3n) is 4.01. The molecule has 0 spiro atoms. The number of carboxylic acids is 1. The van der Waals surface area contributed by atoms with Crippen LogP contribution in [0.2, 0.25) is 0 Å². The van der Waals surface area contributed by atoms with E-state index in [0.717, 1.165) is 18.4 Å². The second kappa shape index (κ2) is 9.99. The van der Waals surface area contributed by atoms with Gasteiger partial charge in [0.05, 0.1) is 0 Å². The fraction of sp³-hybridized carbons (Fsp3) is 0.450. The van der Waals surface area contributed by atoms with E-state index in [9.17, 15) is 4.79 Å². The minimum absolute atomic E-state index is 0.271. The van der Waals surface area contributed by atoms with Crippen molar-refractivity contribution in [3.63, 3.8) is 0 Å². The number of carbonyl (C=O) groups is 1. The minimum atomic E-state index is -0.902. The molecule has 0 aromatic heterocycles. The summed E-state index contributed by atoms with van der Waals surface area (Å²) in [5.74, 6) is -0.280. The van der Waals surface area contributed by atoms with E-state index >= 15 is 0 Å². The predicted molar refractivity (Wildman–Crippen MR) is 93.7 cm³/mol. The lowest BCUT2D eigenvalue weighted by Gasteiger charge is -2.17. The molecule has 1 atom stereocenters. The quantitative estimate of drug-likeness (QED) is 0.562. The third kappa shape index (κ3) is 6.75. The van der Waals surface area contributed by atoms with E-state index < -0.39 is 5.97 Å². The summed E-state index contributed by atoms with van der Waals surface area (Å²) in [4.78, 5) is 11.1. The Kier molecular flexibility index (Phi) is 8.27. The van der Waals surface area contributed by atoms with Crippen LogP contribution in [0.5, 0.6) is 0 Å². The van der Waals surface area contributed by atoms with Gasteiger partial charge in [0.25, 0.3) is 0 Å². The van der Waals surface area contributed by atoms with Crippen molar-refractivity contribution in [3.8, 4) is 0 Å². The van der Waals surface area contributed by atoms with Crippen LogP contribution in [0.4, 0.5) is 0 Å². The van der Waals surface area contributed by atoms with E-state index in [4.69, 9.17) is 5.11 Å². The zero-order valence-electron chi connectivity index (χ0n) is 13.8. The van der Waals surface area contributed by atoms with Crippen molar-refractivity contribution in [2.75, 3.05) is 0 Å². The predicted octanol–water partition coefficient (Wildman–Crippen LogP) is 5.71. The molecule has 120 valence electrons. The Balaban J connectivity index is 2.88. The highest BCUT2D eigenvalue weighted by Gasteiger charge is 2.13. The molecule has 0 aliphatic rings. The minimum Gasteiger partial charge on any atom is -0.478 e. The van der Waals surface area contributed by atoms with E-state index in [2.05, 4.69) is 38.6 Å². The number of hydrogen-bond acceptors (Lipinski definition) is 1. The van der Waals surface area contributed by atoms with Crippen LogP contribution in [0, 0.1) is 5.92 Å². The second-order valence-corrected chi connectivity index (χ2v) is 5.92. The van der Waals surface area contributed by atoms with Crippen LogP contribution in [-0.4, -0.2) is 11.1 Å². The van der Waals surface area contributed by atoms with Crippen molar-refractivity contribution in [1.82, 2.24) is 0 Å². The summed E-state index contributed by atoms with van der Waals surface area (Å²) >= 11 is 0. The van der Waals surface area contributed by atoms with Gasteiger partial charge in [0.1, 0.15) is 0 Å². The van der Waals surface area contributed by atoms with E-state index in [-0.39, 0.29) is 5.57 Å². The number of allylic oxidation sites excluding steroid dienone is 1. The van der Waals surface area contributed by atoms with Crippen molar-refractivity contribution in [3.05, 3.63) is 53.6 Å². The average molecular weight is 300 g/mol. The summed E-state index contributed by atoms with van der Waals surface area (Å²) in [7, 11) is 0. The number of hydrogen-bond donors (Lipinski definition) is 1. The summed E-state index contributed by atoms with van der Waals surface area (Å²) in [6, 6.07) is 10.1. The van der Waals surface area contributed by atoms with Crippen molar-refractivity contribution in [2.45, 2.75) is 52.4 Å². The van der Waals surface area contributed by atoms with Gasteiger partial charge in [0.15, 0.2) is 0 Å². The standard InChI is InChI=1S/C20H28O2/c1-4-6-10-17(5-2)14-19(13-16(3)20(21)22)15-18-11-8-7-9-12-18/h7-9,11-12,15,17H,3-6,10,13-14H2,1-2H3,(H,21,22). The molecular formula is C20H28O2. The Morgan fingerprint density at radius 2 is 1.95 bits per heavy atom. The number of benzene rings is 1. The molecule has 0 radical (unpaired) electrons. The molecule has 0 amide bonds. The van der Waals surface area contributed by atoms with Gasteiger partial charge in [-0.05, 0) is 17.9 Å². The fourth-order valence-electron chi connectivity index (χ4n) is 2.63. The summed E-state index contributed by atoms with van der Waals surface area (Å²) in [5, 5.41) is 9.10. The van der Waals surface area contributed by atoms with Gasteiger partial charge in [-0.1, -0.05) is 88.1 Å². The highest BCUT2D eigenvalue weighted by Crippen LogP contribution is 2.26. The van der Waals surface area contributed by atoms with Crippen LogP contribution in [0.15, 0.2) is 48.1 Å². The zero-order valence-corrected chi connectivity index (χ0v) is 13.8. The largest absolute Gasteiger partial charge is 0.478 e. The smallest absolute Gasteiger partial charge is 0.331 e. The molecule has 1 aromatic carbocycles. The molecule has 0 aliphatic heterocycles. The van der Waals surface area contributed by atoms with Crippen LogP contribution in [0.3, 0.4) is 0 Å². The molecule has 0 saturated heterocycles. The van der Waals surface area contributed by atoms with Gasteiger partial charge in [-0.3, -0.25) is 0 Å². The van der Waals surface area contributed by atoms with Crippen molar-refractivity contribution in [2.24, 2.45) is 5.92 Å². The maximum atomic E-state index is 11.1. The summed E-state index contributed by atoms with van der Waals surface area (Å²) in [5.41, 5.74) is 2.56. The third-order valence-corrected chi connectivity index (χ3v) is 4.01. The van der Waals surface area contributed by atoms with Crippen LogP contribution in [0.25, 0.3) is 6.08 Å². The van der Waals surface area contributed by atoms with Gasteiger partial charge in [-0.2, -0.15) is 0 Å². The van der Waals surface area contributed by atoms with Crippen LogP contribution in [-0.2, 0) is 4.79 Å². The molecule has 1 aromatic rings. The molecule has 2 nitrogen and oxygen atoms in total. The monoisotopic (exact) mass is 300 g/mol. The van der Waals surface area contributed by atoms with Crippen molar-refractivity contribution >= 4 is 12.0 Å². The first kappa shape index (κ1) is 18.2. The lowest BCUT2D eigenvalue weighted by molar-refractivity contribution is -0.132. The van der Waals surface area contributed by atoms with E-state index in [1.54, 1.807) is 0 Å². The lowest BCUT2D eigenvalue weighted by atomic mass is 9.88. The summed E-state index contributed by atoms with van der Waals surface area (Å²) in [6.45, 7) is 8.11. The van der Waals surface area contributed by atoms with Gasteiger partial charge >= 0.3 is 5.97 Å². The molecular weight excluding hydrogens is 272 g/mol. The SMILES string of the molecule is C=C(CC(=Cc1ccccc1)CC(CC)CCCC)C(=O)O. The van der Waals surface area contributed by atoms with Crippen LogP contribution >= 0.6 is 0 Å². The zero-order chi connectivity index (χ0) is 16.4. The summed E-state index contributed by atoms with van der Waals surface area (Å²) in [6.07, 6.45) is 8.31. The van der Waals surface area contributed by atoms with E-state index in [0.29, 0.717) is 12.3 Å². The number of rotatable bonds is 10. The Morgan fingerprint density at radius 1 is 1.27 bits per heavy atom. The maximum absolute atomic E-state index is 11.1. The Bertz CT molecular complexity index is 500. The lowest BCUT2D eigenvalue weighted by Crippen LogP contribution is -2.05. The van der Waals surface area contributed by atoms with Gasteiger partial charge in [-0.25, -0.2) is 4.79 Å². The molecule has 0 bridgehead atoms. The molecule has 1 rings (SSSR count). The Labute approximate surface area is 134 Å². The molecule has 22 heavy (non-hydrogen) atoms. The number of unbranched alkanes of at least 4 members (excludes halogenated alkanes) is 1. The summed E-state index contributed by atoms with van der Waals surface area (Å²) < 4.78 is 0. The first-order chi connectivity index (χ1) is 10.6. The maximum Gasteiger partial charge on any atom is 0.331 e. The molecule has 0 fully saturated rings. The Hall–Kier alpha value is -1.83. The van der Waals surface area contributed by atoms with Gasteiger partial charge in [0, 0.05) is 12.0 Å². The molecule has 0 saturated carbocycles. The first-order valence-electron chi connectivity index (χ1n) is 8.22. The highest BCUT2D eigenvalue weighted by atomic mass is 16.4. The van der Waals surface area contributed by atoms with E-state index in [1.807, 2.05) is 18.2 Å². The van der Waals surface area contributed by atoms with E-state index in [1.165, 1.54) is 24.8 Å². The normalized spacial score (nSPS) is 12.9. The topological polar surface area (TPSA) is 37.3 Å². The molecule has 0 aliphatic carbocycles. The van der Waals surface area contributed by atoms with Gasteiger partial charge in [-0.15, -0.1) is 0 Å². The van der Waals surface area contributed by atoms with Crippen molar-refractivity contribution in [1.29, 1.82) is 0 Å². The van der Waals surface area contributed by atoms with Crippen LogP contribution in [0.1, 0.15) is 57.9 Å². The number of aliphatic carboxylic acids is 1. The Morgan fingerprint density at radius 3 is 2.50 bits per heavy atom. The van der Waals surface area contributed by atoms with Gasteiger partial charge in [0.2, 0.25) is 0 Å². The van der Waals surface area contributed by atoms with Crippen molar-refractivity contribution < 1.29 is 9.90 Å². The van der Waals surface area contributed by atoms with Crippen LogP contribution < -0.4 is 0 Å². The van der Waals surface area contributed by atoms with Gasteiger partial charge < -0.3 is 5.11 Å². The fourth-order valence-corrected chi connectivity index (χ4v) is 2.63. The first-order valence-corrected chi connectivity index (χ1v) is 8.22. The number of carboxylic acid groups (broad SMARTS) is 1. The molecule has 1 N–H and O–H groups in total. The second-order valence-electron chi connectivity index (χ2n) is 5.92.